The van der Waals surface area contributed by atoms with Crippen LogP contribution in [0.2, 0.25) is 0 Å². The van der Waals surface area contributed by atoms with E-state index in [9.17, 15) is 14.7 Å². The number of hydrogen-bond donors (Lipinski definition) is 1. The van der Waals surface area contributed by atoms with Gasteiger partial charge in [0.05, 0.1) is 5.92 Å². The number of nitrogens with zero attached hydrogens (tertiary/aromatic N) is 1. The van der Waals surface area contributed by atoms with Crippen LogP contribution in [0.1, 0.15) is 27.4 Å². The molecule has 1 N–H and O–H groups in total. The van der Waals surface area contributed by atoms with Crippen molar-refractivity contribution in [2.75, 3.05) is 13.1 Å². The van der Waals surface area contributed by atoms with Crippen LogP contribution in [0.3, 0.4) is 0 Å². The van der Waals surface area contributed by atoms with Crippen molar-refractivity contribution in [2.45, 2.75) is 12.8 Å². The first kappa shape index (κ1) is 15.3. The van der Waals surface area contributed by atoms with Crippen LogP contribution in [0.5, 0.6) is 0 Å². The molecule has 4 heteroatoms. The Kier molecular flexibility index (Phi) is 4.15. The Bertz CT molecular complexity index is 709. The highest BCUT2D eigenvalue weighted by Crippen LogP contribution is 2.33. The summed E-state index contributed by atoms with van der Waals surface area (Å²) in [6, 6.07) is 17.0. The summed E-state index contributed by atoms with van der Waals surface area (Å²) in [5.41, 5.74) is 2.67. The Hall–Kier alpha value is -2.62. The minimum Gasteiger partial charge on any atom is -0.481 e. The molecule has 0 radical (unpaired) electrons. The molecule has 1 aliphatic heterocycles. The van der Waals surface area contributed by atoms with Crippen LogP contribution in [-0.4, -0.2) is 35.0 Å². The van der Waals surface area contributed by atoms with Gasteiger partial charge in [0.2, 0.25) is 0 Å². The van der Waals surface area contributed by atoms with E-state index >= 15 is 0 Å². The zero-order chi connectivity index (χ0) is 16.4. The van der Waals surface area contributed by atoms with Gasteiger partial charge in [-0.3, -0.25) is 9.59 Å². The Labute approximate surface area is 135 Å². The first-order valence-corrected chi connectivity index (χ1v) is 7.70. The Morgan fingerprint density at radius 2 is 1.65 bits per heavy atom. The van der Waals surface area contributed by atoms with Crippen LogP contribution in [0, 0.1) is 12.8 Å². The van der Waals surface area contributed by atoms with Crippen molar-refractivity contribution >= 4 is 11.9 Å². The Morgan fingerprint density at radius 1 is 1.00 bits per heavy atom. The van der Waals surface area contributed by atoms with Gasteiger partial charge in [-0.2, -0.15) is 0 Å². The number of carboxylic acids is 1. The van der Waals surface area contributed by atoms with Crippen molar-refractivity contribution in [1.29, 1.82) is 0 Å². The van der Waals surface area contributed by atoms with Gasteiger partial charge >= 0.3 is 5.97 Å². The third kappa shape index (κ3) is 3.11. The molecule has 0 spiro atoms. The van der Waals surface area contributed by atoms with Gasteiger partial charge < -0.3 is 10.0 Å². The molecule has 0 saturated carbocycles. The second-order valence-electron chi connectivity index (χ2n) is 6.04. The van der Waals surface area contributed by atoms with E-state index in [1.165, 1.54) is 0 Å². The largest absolute Gasteiger partial charge is 0.481 e. The van der Waals surface area contributed by atoms with E-state index in [1.807, 2.05) is 49.4 Å². The molecule has 2 aromatic carbocycles. The smallest absolute Gasteiger partial charge is 0.308 e. The molecule has 0 aromatic heterocycles. The number of rotatable bonds is 3. The number of amides is 1. The number of carbonyl (C=O) groups excluding carboxylic acids is 1. The standard InChI is InChI=1S/C19H19NO3/c1-13-7-9-15(10-8-13)18(21)20-11-16(17(12-20)19(22)23)14-5-3-2-4-6-14/h2-10,16-17H,11-12H2,1H3,(H,22,23)/t16-,17+/m1/s1. The van der Waals surface area contributed by atoms with E-state index in [1.54, 1.807) is 17.0 Å². The zero-order valence-electron chi connectivity index (χ0n) is 13.0. The number of carbonyl (C=O) groups is 2. The van der Waals surface area contributed by atoms with Gasteiger partial charge in [-0.25, -0.2) is 0 Å². The molecule has 118 valence electrons. The summed E-state index contributed by atoms with van der Waals surface area (Å²) in [7, 11) is 0. The predicted octanol–water partition coefficient (Wildman–Crippen LogP) is 2.94. The van der Waals surface area contributed by atoms with Crippen LogP contribution in [0.25, 0.3) is 0 Å². The molecule has 1 fully saturated rings. The minimum atomic E-state index is -0.849. The fraction of sp³-hybridized carbons (Fsp3) is 0.263. The van der Waals surface area contributed by atoms with Crippen LogP contribution in [-0.2, 0) is 4.79 Å². The molecule has 1 heterocycles. The molecule has 1 aliphatic rings. The average molecular weight is 309 g/mol. The summed E-state index contributed by atoms with van der Waals surface area (Å²) in [6.45, 7) is 2.66. The monoisotopic (exact) mass is 309 g/mol. The molecule has 1 saturated heterocycles. The second-order valence-corrected chi connectivity index (χ2v) is 6.04. The summed E-state index contributed by atoms with van der Waals surface area (Å²) in [5, 5.41) is 9.51. The number of aliphatic carboxylic acids is 1. The van der Waals surface area contributed by atoms with Crippen molar-refractivity contribution < 1.29 is 14.7 Å². The lowest BCUT2D eigenvalue weighted by Crippen LogP contribution is -2.29. The second kappa shape index (κ2) is 6.24. The van der Waals surface area contributed by atoms with Gasteiger partial charge in [0, 0.05) is 24.6 Å². The van der Waals surface area contributed by atoms with Crippen molar-refractivity contribution in [2.24, 2.45) is 5.92 Å². The highest BCUT2D eigenvalue weighted by molar-refractivity contribution is 5.95. The molecule has 0 bridgehead atoms. The third-order valence-corrected chi connectivity index (χ3v) is 4.45. The fourth-order valence-electron chi connectivity index (χ4n) is 3.14. The predicted molar refractivity (Wildman–Crippen MR) is 87.4 cm³/mol. The highest BCUT2D eigenvalue weighted by atomic mass is 16.4. The fourth-order valence-corrected chi connectivity index (χ4v) is 3.14. The lowest BCUT2D eigenvalue weighted by atomic mass is 9.89. The Balaban J connectivity index is 1.84. The number of hydrogen-bond acceptors (Lipinski definition) is 2. The first-order chi connectivity index (χ1) is 11.1. The number of aryl methyl sites for hydroxylation is 1. The van der Waals surface area contributed by atoms with Crippen LogP contribution in [0.15, 0.2) is 54.6 Å². The van der Waals surface area contributed by atoms with E-state index < -0.39 is 11.9 Å². The summed E-state index contributed by atoms with van der Waals surface area (Å²) in [5.74, 6) is -1.68. The van der Waals surface area contributed by atoms with E-state index in [0.717, 1.165) is 11.1 Å². The molecule has 3 rings (SSSR count). The molecular formula is C19H19NO3. The van der Waals surface area contributed by atoms with Crippen molar-refractivity contribution in [3.8, 4) is 0 Å². The van der Waals surface area contributed by atoms with Gasteiger partial charge in [0.1, 0.15) is 0 Å². The summed E-state index contributed by atoms with van der Waals surface area (Å²) >= 11 is 0. The molecule has 0 aliphatic carbocycles. The van der Waals surface area contributed by atoms with Gasteiger partial charge in [0.25, 0.3) is 5.91 Å². The van der Waals surface area contributed by atoms with Crippen LogP contribution in [0.4, 0.5) is 0 Å². The van der Waals surface area contributed by atoms with Gasteiger partial charge in [-0.05, 0) is 24.6 Å². The molecule has 1 amide bonds. The summed E-state index contributed by atoms with van der Waals surface area (Å²) < 4.78 is 0. The summed E-state index contributed by atoms with van der Waals surface area (Å²) in [4.78, 5) is 25.9. The van der Waals surface area contributed by atoms with E-state index in [0.29, 0.717) is 12.1 Å². The SMILES string of the molecule is Cc1ccc(C(=O)N2C[C@H](C(=O)O)[C@@H](c3ccccc3)C2)cc1. The molecule has 2 atom stereocenters. The Morgan fingerprint density at radius 3 is 2.26 bits per heavy atom. The summed E-state index contributed by atoms with van der Waals surface area (Å²) in [6.07, 6.45) is 0. The maximum Gasteiger partial charge on any atom is 0.308 e. The lowest BCUT2D eigenvalue weighted by Gasteiger charge is -2.16. The lowest BCUT2D eigenvalue weighted by molar-refractivity contribution is -0.141. The van der Waals surface area contributed by atoms with Crippen molar-refractivity contribution in [3.63, 3.8) is 0 Å². The van der Waals surface area contributed by atoms with Gasteiger partial charge in [-0.1, -0.05) is 48.0 Å². The van der Waals surface area contributed by atoms with Gasteiger partial charge in [-0.15, -0.1) is 0 Å². The molecule has 0 unspecified atom stereocenters. The molecule has 23 heavy (non-hydrogen) atoms. The molecule has 2 aromatic rings. The van der Waals surface area contributed by atoms with Gasteiger partial charge in [0.15, 0.2) is 0 Å². The van der Waals surface area contributed by atoms with Crippen molar-refractivity contribution in [1.82, 2.24) is 4.90 Å². The van der Waals surface area contributed by atoms with E-state index in [4.69, 9.17) is 0 Å². The normalized spacial score (nSPS) is 20.5. The highest BCUT2D eigenvalue weighted by Gasteiger charge is 2.40. The quantitative estimate of drug-likeness (QED) is 0.948. The third-order valence-electron chi connectivity index (χ3n) is 4.45. The van der Waals surface area contributed by atoms with Crippen LogP contribution < -0.4 is 0 Å². The first-order valence-electron chi connectivity index (χ1n) is 7.70. The average Bonchev–Trinajstić information content (AvgIpc) is 3.01. The number of benzene rings is 2. The van der Waals surface area contributed by atoms with Crippen molar-refractivity contribution in [3.05, 3.63) is 71.3 Å². The zero-order valence-corrected chi connectivity index (χ0v) is 13.0. The maximum absolute atomic E-state index is 12.6. The van der Waals surface area contributed by atoms with E-state index in [-0.39, 0.29) is 18.4 Å². The molecular weight excluding hydrogens is 290 g/mol. The molecule has 4 nitrogen and oxygen atoms in total. The number of likely N-dealkylation sites (tertiary alicyclic amines) is 1. The van der Waals surface area contributed by atoms with E-state index in [2.05, 4.69) is 0 Å². The van der Waals surface area contributed by atoms with Crippen LogP contribution >= 0.6 is 0 Å². The maximum atomic E-state index is 12.6. The topological polar surface area (TPSA) is 57.6 Å². The minimum absolute atomic E-state index is 0.102. The number of carboxylic acid groups (broad SMARTS) is 1.